The molecule has 9 heteroatoms. The molecule has 156 valence electrons. The minimum atomic E-state index is -0.503. The Morgan fingerprint density at radius 2 is 2.17 bits per heavy atom. The second kappa shape index (κ2) is 9.82. The summed E-state index contributed by atoms with van der Waals surface area (Å²) < 4.78 is 20.9. The third-order valence-electron chi connectivity index (χ3n) is 4.29. The van der Waals surface area contributed by atoms with Crippen LogP contribution < -0.4 is 9.64 Å². The Morgan fingerprint density at radius 1 is 1.34 bits per heavy atom. The van der Waals surface area contributed by atoms with Crippen molar-refractivity contribution >= 4 is 28.9 Å². The van der Waals surface area contributed by atoms with Crippen molar-refractivity contribution in [1.29, 1.82) is 0 Å². The molecule has 0 aliphatic carbocycles. The number of anilines is 1. The number of nitrogens with zero attached hydrogens (tertiary/aromatic N) is 2. The second-order valence-electron chi connectivity index (χ2n) is 6.58. The van der Waals surface area contributed by atoms with E-state index in [9.17, 15) is 9.59 Å². The average Bonchev–Trinajstić information content (AvgIpc) is 3.17. The number of benzene rings is 1. The molecular weight excluding hydrogens is 396 g/mol. The van der Waals surface area contributed by atoms with Crippen LogP contribution in [0.4, 0.5) is 5.69 Å². The van der Waals surface area contributed by atoms with E-state index < -0.39 is 12.1 Å². The number of carbonyl (C=O) groups excluding carboxylic acids is 2. The molecule has 0 N–H and O–H groups in total. The fourth-order valence-corrected chi connectivity index (χ4v) is 3.73. The van der Waals surface area contributed by atoms with E-state index in [1.165, 1.54) is 12.0 Å². The number of fused-ring (bicyclic) bond motifs is 1. The zero-order valence-electron chi connectivity index (χ0n) is 16.7. The highest BCUT2D eigenvalue weighted by atomic mass is 32.1. The molecule has 0 radical (unpaired) electrons. The Morgan fingerprint density at radius 3 is 2.93 bits per heavy atom. The summed E-state index contributed by atoms with van der Waals surface area (Å²) in [5.41, 5.74) is 2.17. The highest BCUT2D eigenvalue weighted by molar-refractivity contribution is 7.09. The van der Waals surface area contributed by atoms with Gasteiger partial charge in [0.05, 0.1) is 29.6 Å². The molecule has 1 unspecified atom stereocenters. The van der Waals surface area contributed by atoms with Gasteiger partial charge in [-0.1, -0.05) is 0 Å². The maximum atomic E-state index is 12.4. The quantitative estimate of drug-likeness (QED) is 0.575. The third-order valence-corrected chi connectivity index (χ3v) is 5.20. The molecule has 2 aromatic rings. The molecule has 0 bridgehead atoms. The molecule has 1 aliphatic heterocycles. The Bertz CT molecular complexity index is 868. The van der Waals surface area contributed by atoms with Gasteiger partial charge in [0, 0.05) is 31.6 Å². The monoisotopic (exact) mass is 420 g/mol. The van der Waals surface area contributed by atoms with Crippen molar-refractivity contribution in [2.45, 2.75) is 19.4 Å². The van der Waals surface area contributed by atoms with Crippen LogP contribution in [0, 0.1) is 0 Å². The fourth-order valence-electron chi connectivity index (χ4n) is 2.94. The molecule has 0 saturated heterocycles. The highest BCUT2D eigenvalue weighted by Crippen LogP contribution is 2.36. The largest absolute Gasteiger partial charge is 0.482 e. The van der Waals surface area contributed by atoms with Crippen molar-refractivity contribution in [3.8, 4) is 17.0 Å². The molecule has 1 aromatic carbocycles. The molecule has 1 aromatic heterocycles. The van der Waals surface area contributed by atoms with Crippen LogP contribution in [0.15, 0.2) is 23.6 Å². The van der Waals surface area contributed by atoms with E-state index >= 15 is 0 Å². The van der Waals surface area contributed by atoms with Gasteiger partial charge in [0.15, 0.2) is 6.61 Å². The van der Waals surface area contributed by atoms with E-state index in [1.807, 2.05) is 17.5 Å². The summed E-state index contributed by atoms with van der Waals surface area (Å²) >= 11 is 1.56. The van der Waals surface area contributed by atoms with E-state index in [2.05, 4.69) is 4.98 Å². The number of aromatic nitrogens is 1. The number of carbonyl (C=O) groups is 2. The van der Waals surface area contributed by atoms with Crippen LogP contribution in [0.3, 0.4) is 0 Å². The average molecular weight is 420 g/mol. The first-order valence-electron chi connectivity index (χ1n) is 9.21. The third kappa shape index (κ3) is 5.31. The number of hydrogen-bond donors (Lipinski definition) is 0. The minimum absolute atomic E-state index is 0.120. The van der Waals surface area contributed by atoms with Gasteiger partial charge in [-0.15, -0.1) is 11.3 Å². The summed E-state index contributed by atoms with van der Waals surface area (Å²) in [6.45, 7) is 2.32. The lowest BCUT2D eigenvalue weighted by Crippen LogP contribution is -2.43. The summed E-state index contributed by atoms with van der Waals surface area (Å²) in [6.07, 6.45) is 0.348. The molecular formula is C20H24N2O6S. The normalized spacial score (nSPS) is 14.3. The standard InChI is InChI=1S/C20H24N2O6S/c1-13(10-26-3)28-20(24)9-22-16-8-14(4-5-17(16)27-11-19(22)23)15-12-29-18(21-15)6-7-25-2/h4-5,8,12-13H,6-7,9-11H2,1-3H3. The Balaban J connectivity index is 1.80. The van der Waals surface area contributed by atoms with Gasteiger partial charge < -0.3 is 18.9 Å². The van der Waals surface area contributed by atoms with Crippen LogP contribution >= 0.6 is 11.3 Å². The smallest absolute Gasteiger partial charge is 0.326 e. The van der Waals surface area contributed by atoms with Gasteiger partial charge in [-0.25, -0.2) is 4.98 Å². The number of esters is 1. The topological polar surface area (TPSA) is 87.2 Å². The lowest BCUT2D eigenvalue weighted by molar-refractivity contribution is -0.149. The van der Waals surface area contributed by atoms with E-state index in [1.54, 1.807) is 31.4 Å². The van der Waals surface area contributed by atoms with Gasteiger partial charge in [-0.05, 0) is 25.1 Å². The number of amides is 1. The van der Waals surface area contributed by atoms with Gasteiger partial charge >= 0.3 is 5.97 Å². The van der Waals surface area contributed by atoms with Crippen molar-refractivity contribution in [1.82, 2.24) is 4.98 Å². The highest BCUT2D eigenvalue weighted by Gasteiger charge is 2.29. The minimum Gasteiger partial charge on any atom is -0.482 e. The van der Waals surface area contributed by atoms with E-state index in [0.717, 1.165) is 22.7 Å². The first-order chi connectivity index (χ1) is 14.0. The molecule has 2 heterocycles. The lowest BCUT2D eigenvalue weighted by atomic mass is 10.1. The van der Waals surface area contributed by atoms with Crippen LogP contribution in [0.5, 0.6) is 5.75 Å². The second-order valence-corrected chi connectivity index (χ2v) is 7.52. The molecule has 1 aliphatic rings. The summed E-state index contributed by atoms with van der Waals surface area (Å²) in [6, 6.07) is 5.49. The maximum Gasteiger partial charge on any atom is 0.326 e. The van der Waals surface area contributed by atoms with E-state index in [4.69, 9.17) is 18.9 Å². The van der Waals surface area contributed by atoms with Gasteiger partial charge in [-0.2, -0.15) is 0 Å². The molecule has 1 atom stereocenters. The predicted octanol–water partition coefficient (Wildman–Crippen LogP) is 2.30. The predicted molar refractivity (Wildman–Crippen MR) is 108 cm³/mol. The summed E-state index contributed by atoms with van der Waals surface area (Å²) in [4.78, 5) is 30.7. The number of ether oxygens (including phenoxy) is 4. The van der Waals surface area contributed by atoms with Gasteiger partial charge in [-0.3, -0.25) is 14.5 Å². The SMILES string of the molecule is COCCc1nc(-c2ccc3c(c2)N(CC(=O)OC(C)COC)C(=O)CO3)cs1. The van der Waals surface area contributed by atoms with Crippen molar-refractivity contribution in [2.75, 3.05) is 45.5 Å². The van der Waals surface area contributed by atoms with Crippen molar-refractivity contribution in [3.63, 3.8) is 0 Å². The first kappa shape index (κ1) is 21.2. The van der Waals surface area contributed by atoms with Crippen LogP contribution in [0.2, 0.25) is 0 Å². The molecule has 1 amide bonds. The van der Waals surface area contributed by atoms with E-state index in [0.29, 0.717) is 24.7 Å². The van der Waals surface area contributed by atoms with Crippen molar-refractivity contribution in [3.05, 3.63) is 28.6 Å². The number of hydrogen-bond acceptors (Lipinski definition) is 8. The van der Waals surface area contributed by atoms with Crippen LogP contribution in [0.25, 0.3) is 11.3 Å². The fraction of sp³-hybridized carbons (Fsp3) is 0.450. The number of thiazole rings is 1. The molecule has 0 fully saturated rings. The van der Waals surface area contributed by atoms with Crippen molar-refractivity contribution < 1.29 is 28.5 Å². The molecule has 29 heavy (non-hydrogen) atoms. The molecule has 0 spiro atoms. The van der Waals surface area contributed by atoms with Gasteiger partial charge in [0.1, 0.15) is 18.4 Å². The maximum absolute atomic E-state index is 12.4. The summed E-state index contributed by atoms with van der Waals surface area (Å²) in [5, 5.41) is 2.93. The Labute approximate surface area is 173 Å². The Hall–Kier alpha value is -2.49. The molecule has 8 nitrogen and oxygen atoms in total. The zero-order chi connectivity index (χ0) is 20.8. The Kier molecular flexibility index (Phi) is 7.18. The molecule has 3 rings (SSSR count). The van der Waals surface area contributed by atoms with Crippen LogP contribution in [-0.4, -0.2) is 63.5 Å². The van der Waals surface area contributed by atoms with Gasteiger partial charge in [0.25, 0.3) is 5.91 Å². The zero-order valence-corrected chi connectivity index (χ0v) is 17.5. The number of methoxy groups -OCH3 is 2. The van der Waals surface area contributed by atoms with Crippen LogP contribution in [0.1, 0.15) is 11.9 Å². The molecule has 0 saturated carbocycles. The number of rotatable bonds is 9. The summed E-state index contributed by atoms with van der Waals surface area (Å²) in [5.74, 6) is -0.261. The lowest BCUT2D eigenvalue weighted by Gasteiger charge is -2.29. The van der Waals surface area contributed by atoms with E-state index in [-0.39, 0.29) is 19.1 Å². The first-order valence-corrected chi connectivity index (χ1v) is 10.1. The van der Waals surface area contributed by atoms with Crippen molar-refractivity contribution in [2.24, 2.45) is 0 Å². The summed E-state index contributed by atoms with van der Waals surface area (Å²) in [7, 11) is 3.19. The van der Waals surface area contributed by atoms with Crippen LogP contribution in [-0.2, 0) is 30.2 Å². The van der Waals surface area contributed by atoms with Gasteiger partial charge in [0.2, 0.25) is 0 Å².